The van der Waals surface area contributed by atoms with Gasteiger partial charge in [0.2, 0.25) is 0 Å². The van der Waals surface area contributed by atoms with Gasteiger partial charge in [-0.15, -0.1) is 0 Å². The third-order valence-corrected chi connectivity index (χ3v) is 2.69. The molecule has 0 saturated heterocycles. The number of hydrogen-bond donors (Lipinski definition) is 1. The van der Waals surface area contributed by atoms with Gasteiger partial charge >= 0.3 is 0 Å². The molecule has 5 heteroatoms. The van der Waals surface area contributed by atoms with Crippen LogP contribution in [0.3, 0.4) is 0 Å². The lowest BCUT2D eigenvalue weighted by Gasteiger charge is -2.05. The Hall–Kier alpha value is -2.01. The first kappa shape index (κ1) is 13.4. The van der Waals surface area contributed by atoms with E-state index in [1.54, 1.807) is 25.3 Å². The third kappa shape index (κ3) is 3.48. The van der Waals surface area contributed by atoms with Crippen LogP contribution in [0.15, 0.2) is 30.3 Å². The summed E-state index contributed by atoms with van der Waals surface area (Å²) in [6.07, 6.45) is 0.751. The van der Waals surface area contributed by atoms with Gasteiger partial charge in [0.15, 0.2) is 0 Å². The third-order valence-electron chi connectivity index (χ3n) is 2.69. The fraction of sp³-hybridized carbons (Fsp3) is 0.286. The van der Waals surface area contributed by atoms with Crippen LogP contribution in [0.25, 0.3) is 10.9 Å². The van der Waals surface area contributed by atoms with E-state index in [0.29, 0.717) is 29.7 Å². The summed E-state index contributed by atoms with van der Waals surface area (Å²) in [5.74, 6) is -0.548. The second kappa shape index (κ2) is 6.24. The SMILES string of the molecule is COCCCNC(=O)c1ccc2cc(F)ccc2n1. The highest BCUT2D eigenvalue weighted by Gasteiger charge is 2.07. The summed E-state index contributed by atoms with van der Waals surface area (Å²) in [7, 11) is 1.62. The van der Waals surface area contributed by atoms with Crippen molar-refractivity contribution < 1.29 is 13.9 Å². The maximum atomic E-state index is 13.0. The molecule has 0 bridgehead atoms. The van der Waals surface area contributed by atoms with Gasteiger partial charge in [0, 0.05) is 25.6 Å². The van der Waals surface area contributed by atoms with Crippen LogP contribution in [0.4, 0.5) is 4.39 Å². The number of pyridine rings is 1. The molecular weight excluding hydrogens is 247 g/mol. The molecule has 0 aliphatic carbocycles. The van der Waals surface area contributed by atoms with Gasteiger partial charge in [0.25, 0.3) is 5.91 Å². The highest BCUT2D eigenvalue weighted by atomic mass is 19.1. The van der Waals surface area contributed by atoms with E-state index in [9.17, 15) is 9.18 Å². The number of aromatic nitrogens is 1. The number of carbonyl (C=O) groups excluding carboxylic acids is 1. The van der Waals surface area contributed by atoms with Crippen molar-refractivity contribution in [2.45, 2.75) is 6.42 Å². The molecule has 0 fully saturated rings. The van der Waals surface area contributed by atoms with Crippen LogP contribution < -0.4 is 5.32 Å². The maximum Gasteiger partial charge on any atom is 0.269 e. The van der Waals surface area contributed by atoms with E-state index in [2.05, 4.69) is 10.3 Å². The molecule has 0 aliphatic heterocycles. The van der Waals surface area contributed by atoms with Gasteiger partial charge < -0.3 is 10.1 Å². The smallest absolute Gasteiger partial charge is 0.269 e. The summed E-state index contributed by atoms with van der Waals surface area (Å²) in [4.78, 5) is 16.0. The number of halogens is 1. The predicted molar refractivity (Wildman–Crippen MR) is 70.5 cm³/mol. The minimum Gasteiger partial charge on any atom is -0.385 e. The molecular formula is C14H15FN2O2. The zero-order chi connectivity index (χ0) is 13.7. The second-order valence-electron chi connectivity index (χ2n) is 4.14. The fourth-order valence-electron chi connectivity index (χ4n) is 1.73. The van der Waals surface area contributed by atoms with Crippen molar-refractivity contribution in [1.82, 2.24) is 10.3 Å². The van der Waals surface area contributed by atoms with Gasteiger partial charge in [-0.3, -0.25) is 4.79 Å². The number of rotatable bonds is 5. The molecule has 1 amide bonds. The summed E-state index contributed by atoms with van der Waals surface area (Å²) in [5.41, 5.74) is 0.933. The molecule has 0 radical (unpaired) electrons. The first-order valence-electron chi connectivity index (χ1n) is 6.04. The molecule has 19 heavy (non-hydrogen) atoms. The van der Waals surface area contributed by atoms with Gasteiger partial charge in [0.1, 0.15) is 11.5 Å². The second-order valence-corrected chi connectivity index (χ2v) is 4.14. The van der Waals surface area contributed by atoms with E-state index in [0.717, 1.165) is 6.42 Å². The molecule has 0 atom stereocenters. The van der Waals surface area contributed by atoms with Crippen LogP contribution in [0, 0.1) is 5.82 Å². The minimum atomic E-state index is -0.314. The lowest BCUT2D eigenvalue weighted by molar-refractivity contribution is 0.0944. The Kier molecular flexibility index (Phi) is 4.41. The number of methoxy groups -OCH3 is 1. The number of nitrogens with zero attached hydrogens (tertiary/aromatic N) is 1. The topological polar surface area (TPSA) is 51.2 Å². The van der Waals surface area contributed by atoms with Gasteiger partial charge in [-0.25, -0.2) is 9.37 Å². The van der Waals surface area contributed by atoms with Crippen LogP contribution in [0.1, 0.15) is 16.9 Å². The molecule has 1 heterocycles. The zero-order valence-electron chi connectivity index (χ0n) is 10.6. The number of benzene rings is 1. The van der Waals surface area contributed by atoms with E-state index in [-0.39, 0.29) is 11.7 Å². The average molecular weight is 262 g/mol. The van der Waals surface area contributed by atoms with Crippen molar-refractivity contribution in [2.75, 3.05) is 20.3 Å². The summed E-state index contributed by atoms with van der Waals surface area (Å²) in [6.45, 7) is 1.14. The molecule has 0 saturated carbocycles. The Morgan fingerprint density at radius 1 is 1.37 bits per heavy atom. The molecule has 0 spiro atoms. The van der Waals surface area contributed by atoms with Crippen molar-refractivity contribution in [1.29, 1.82) is 0 Å². The Morgan fingerprint density at radius 3 is 3.00 bits per heavy atom. The monoisotopic (exact) mass is 262 g/mol. The Bertz CT molecular complexity index is 587. The van der Waals surface area contributed by atoms with Crippen LogP contribution in [-0.4, -0.2) is 31.2 Å². The van der Waals surface area contributed by atoms with Gasteiger partial charge in [-0.2, -0.15) is 0 Å². The Morgan fingerprint density at radius 2 is 2.21 bits per heavy atom. The van der Waals surface area contributed by atoms with Crippen molar-refractivity contribution in [2.24, 2.45) is 0 Å². The van der Waals surface area contributed by atoms with Crippen LogP contribution in [0.5, 0.6) is 0 Å². The van der Waals surface area contributed by atoms with E-state index >= 15 is 0 Å². The maximum absolute atomic E-state index is 13.0. The minimum absolute atomic E-state index is 0.234. The van der Waals surface area contributed by atoms with E-state index < -0.39 is 0 Å². The molecule has 2 rings (SSSR count). The van der Waals surface area contributed by atoms with E-state index in [1.165, 1.54) is 12.1 Å². The number of hydrogen-bond acceptors (Lipinski definition) is 3. The van der Waals surface area contributed by atoms with Gasteiger partial charge in [-0.05, 0) is 30.7 Å². The highest BCUT2D eigenvalue weighted by molar-refractivity contribution is 5.94. The van der Waals surface area contributed by atoms with Crippen LogP contribution >= 0.6 is 0 Å². The van der Waals surface area contributed by atoms with Crippen molar-refractivity contribution in [3.05, 3.63) is 41.8 Å². The highest BCUT2D eigenvalue weighted by Crippen LogP contribution is 2.14. The summed E-state index contributed by atoms with van der Waals surface area (Å²) in [6, 6.07) is 7.56. The molecule has 1 aromatic heterocycles. The lowest BCUT2D eigenvalue weighted by atomic mass is 10.2. The van der Waals surface area contributed by atoms with Crippen molar-refractivity contribution >= 4 is 16.8 Å². The Balaban J connectivity index is 2.08. The molecule has 1 aromatic carbocycles. The standard InChI is InChI=1S/C14H15FN2O2/c1-19-8-2-7-16-14(18)13-5-3-10-9-11(15)4-6-12(10)17-13/h3-6,9H,2,7-8H2,1H3,(H,16,18). The number of fused-ring (bicyclic) bond motifs is 1. The molecule has 4 nitrogen and oxygen atoms in total. The van der Waals surface area contributed by atoms with Crippen LogP contribution in [0.2, 0.25) is 0 Å². The van der Waals surface area contributed by atoms with Gasteiger partial charge in [-0.1, -0.05) is 6.07 Å². The number of amides is 1. The number of ether oxygens (including phenoxy) is 1. The largest absolute Gasteiger partial charge is 0.385 e. The summed E-state index contributed by atoms with van der Waals surface area (Å²) < 4.78 is 17.9. The van der Waals surface area contributed by atoms with Crippen molar-refractivity contribution in [3.8, 4) is 0 Å². The molecule has 100 valence electrons. The summed E-state index contributed by atoms with van der Waals surface area (Å²) >= 11 is 0. The van der Waals surface area contributed by atoms with E-state index in [1.807, 2.05) is 0 Å². The fourth-order valence-corrected chi connectivity index (χ4v) is 1.73. The zero-order valence-corrected chi connectivity index (χ0v) is 10.6. The average Bonchev–Trinajstić information content (AvgIpc) is 2.42. The van der Waals surface area contributed by atoms with E-state index in [4.69, 9.17) is 4.74 Å². The normalized spacial score (nSPS) is 10.6. The van der Waals surface area contributed by atoms with Crippen LogP contribution in [-0.2, 0) is 4.74 Å². The van der Waals surface area contributed by atoms with Gasteiger partial charge in [0.05, 0.1) is 5.52 Å². The Labute approximate surface area is 110 Å². The molecule has 1 N–H and O–H groups in total. The summed E-state index contributed by atoms with van der Waals surface area (Å²) in [5, 5.41) is 3.43. The molecule has 0 aliphatic rings. The number of nitrogens with one attached hydrogen (secondary N) is 1. The molecule has 2 aromatic rings. The quantitative estimate of drug-likeness (QED) is 0.840. The van der Waals surface area contributed by atoms with Crippen molar-refractivity contribution in [3.63, 3.8) is 0 Å². The molecule has 0 unspecified atom stereocenters. The first-order chi connectivity index (χ1) is 9.20. The predicted octanol–water partition coefficient (Wildman–Crippen LogP) is 2.14. The number of carbonyl (C=O) groups is 1. The lowest BCUT2D eigenvalue weighted by Crippen LogP contribution is -2.26. The first-order valence-corrected chi connectivity index (χ1v) is 6.04.